The van der Waals surface area contributed by atoms with E-state index in [9.17, 15) is 4.39 Å². The Morgan fingerprint density at radius 1 is 1.03 bits per heavy atom. The summed E-state index contributed by atoms with van der Waals surface area (Å²) in [6.45, 7) is 5.78. The van der Waals surface area contributed by atoms with E-state index in [4.69, 9.17) is 14.5 Å². The molecule has 200 valence electrons. The summed E-state index contributed by atoms with van der Waals surface area (Å²) < 4.78 is 26.3. The van der Waals surface area contributed by atoms with Crippen molar-refractivity contribution in [3.8, 4) is 11.5 Å². The summed E-state index contributed by atoms with van der Waals surface area (Å²) in [7, 11) is 1.71. The third-order valence-corrected chi connectivity index (χ3v) is 8.29. The molecule has 6 rings (SSSR count). The van der Waals surface area contributed by atoms with Gasteiger partial charge in [0.25, 0.3) is 0 Å². The van der Waals surface area contributed by atoms with Crippen molar-refractivity contribution < 1.29 is 13.9 Å². The fourth-order valence-electron chi connectivity index (χ4n) is 6.25. The number of aromatic nitrogens is 1. The second-order valence-corrected chi connectivity index (χ2v) is 10.8. The second kappa shape index (κ2) is 11.2. The number of anilines is 2. The van der Waals surface area contributed by atoms with Crippen LogP contribution < -0.4 is 19.7 Å². The van der Waals surface area contributed by atoms with Gasteiger partial charge in [0.15, 0.2) is 17.3 Å². The zero-order chi connectivity index (χ0) is 25.9. The van der Waals surface area contributed by atoms with E-state index in [0.717, 1.165) is 80.6 Å². The lowest BCUT2D eigenvalue weighted by atomic mass is 10.0. The molecule has 1 aliphatic carbocycles. The molecule has 3 heterocycles. The van der Waals surface area contributed by atoms with Crippen molar-refractivity contribution in [1.29, 1.82) is 0 Å². The first kappa shape index (κ1) is 25.1. The Bertz CT molecular complexity index is 1270. The Hall–Kier alpha value is -3.24. The summed E-state index contributed by atoms with van der Waals surface area (Å²) in [6, 6.07) is 13.1. The molecule has 1 aromatic heterocycles. The van der Waals surface area contributed by atoms with Crippen LogP contribution in [0.15, 0.2) is 24.3 Å². The molecule has 2 aromatic carbocycles. The molecule has 0 spiro atoms. The Kier molecular flexibility index (Phi) is 7.42. The lowest BCUT2D eigenvalue weighted by Crippen LogP contribution is -2.39. The number of nitrogens with zero attached hydrogens (tertiary/aromatic N) is 3. The minimum absolute atomic E-state index is 0.228. The zero-order valence-corrected chi connectivity index (χ0v) is 22.3. The van der Waals surface area contributed by atoms with Gasteiger partial charge < -0.3 is 24.6 Å². The van der Waals surface area contributed by atoms with Gasteiger partial charge in [-0.3, -0.25) is 4.98 Å². The fourth-order valence-corrected chi connectivity index (χ4v) is 6.25. The van der Waals surface area contributed by atoms with Crippen LogP contribution in [0.1, 0.15) is 49.8 Å². The van der Waals surface area contributed by atoms with Crippen LogP contribution in [-0.4, -0.2) is 62.4 Å². The number of methoxy groups -OCH3 is 1. The lowest BCUT2D eigenvalue weighted by molar-refractivity contribution is 0.254. The van der Waals surface area contributed by atoms with Crippen molar-refractivity contribution in [1.82, 2.24) is 9.88 Å². The van der Waals surface area contributed by atoms with Gasteiger partial charge in [0.05, 0.1) is 24.9 Å². The number of halogens is 1. The monoisotopic (exact) mass is 516 g/mol. The zero-order valence-electron chi connectivity index (χ0n) is 22.3. The largest absolute Gasteiger partial charge is 0.493 e. The molecule has 1 N–H and O–H groups in total. The lowest BCUT2D eigenvalue weighted by Gasteiger charge is -2.34. The van der Waals surface area contributed by atoms with Crippen LogP contribution in [0.25, 0.3) is 10.9 Å². The highest BCUT2D eigenvalue weighted by Gasteiger charge is 2.26. The maximum Gasteiger partial charge on any atom is 0.163 e. The van der Waals surface area contributed by atoms with Crippen LogP contribution in [0.3, 0.4) is 0 Å². The van der Waals surface area contributed by atoms with Crippen LogP contribution >= 0.6 is 0 Å². The number of benzene rings is 1. The number of hydrogen-bond acceptors (Lipinski definition) is 6. The molecule has 38 heavy (non-hydrogen) atoms. The van der Waals surface area contributed by atoms with Crippen LogP contribution in [0.2, 0.25) is 0 Å². The molecule has 0 saturated carbocycles. The molecule has 3 aliphatic rings. The molecule has 7 heteroatoms. The molecule has 0 bridgehead atoms. The SMILES string of the molecule is COc1cc2c(NC3CCN(c4cc#ccc4F)CC3)c3c(nc2cc1OCCCN1CCCC1)CCC3. The first-order chi connectivity index (χ1) is 18.7. The van der Waals surface area contributed by atoms with Gasteiger partial charge in [-0.15, -0.1) is 0 Å². The normalized spacial score (nSPS) is 18.0. The van der Waals surface area contributed by atoms with E-state index in [-0.39, 0.29) is 5.82 Å². The molecular weight excluding hydrogens is 479 g/mol. The van der Waals surface area contributed by atoms with Crippen LogP contribution in [0.5, 0.6) is 11.5 Å². The predicted molar refractivity (Wildman–Crippen MR) is 149 cm³/mol. The first-order valence-electron chi connectivity index (χ1n) is 14.2. The standard InChI is InChI=1S/C31H37FN4O2/c1-37-29-20-24-27(21-30(29)38-19-7-16-35-14-4-5-15-35)34-26-10-6-8-23(26)31(24)33-22-12-17-36(18-13-22)28-11-3-2-9-25(28)32/h9,11,20-22H,4-8,10,12-19H2,1H3,(H,33,34). The minimum Gasteiger partial charge on any atom is -0.493 e. The number of piperidine rings is 1. The Labute approximate surface area is 225 Å². The van der Waals surface area contributed by atoms with E-state index in [1.165, 1.54) is 48.9 Å². The number of rotatable bonds is 9. The van der Waals surface area contributed by atoms with Gasteiger partial charge in [0.2, 0.25) is 0 Å². The smallest absolute Gasteiger partial charge is 0.163 e. The van der Waals surface area contributed by atoms with Crippen molar-refractivity contribution in [3.05, 3.63) is 53.5 Å². The summed E-state index contributed by atoms with van der Waals surface area (Å²) in [5.74, 6) is 1.29. The summed E-state index contributed by atoms with van der Waals surface area (Å²) in [4.78, 5) is 9.69. The molecule has 0 unspecified atom stereocenters. The Morgan fingerprint density at radius 2 is 1.84 bits per heavy atom. The molecule has 0 amide bonds. The van der Waals surface area contributed by atoms with E-state index in [2.05, 4.69) is 39.4 Å². The first-order valence-corrected chi connectivity index (χ1v) is 14.2. The van der Waals surface area contributed by atoms with E-state index in [1.54, 1.807) is 13.2 Å². The van der Waals surface area contributed by atoms with Crippen molar-refractivity contribution in [2.75, 3.05) is 56.7 Å². The maximum atomic E-state index is 14.3. The number of hydrogen-bond donors (Lipinski definition) is 1. The van der Waals surface area contributed by atoms with Gasteiger partial charge in [-0.2, -0.15) is 0 Å². The summed E-state index contributed by atoms with van der Waals surface area (Å²) in [6.07, 6.45) is 8.69. The van der Waals surface area contributed by atoms with Crippen molar-refractivity contribution >= 4 is 22.3 Å². The van der Waals surface area contributed by atoms with Crippen LogP contribution in [0.4, 0.5) is 15.8 Å². The molecule has 2 fully saturated rings. The average molecular weight is 517 g/mol. The second-order valence-electron chi connectivity index (χ2n) is 10.8. The Balaban J connectivity index is 1.19. The third-order valence-electron chi connectivity index (χ3n) is 8.29. The number of nitrogens with one attached hydrogen (secondary N) is 1. The maximum absolute atomic E-state index is 14.3. The number of fused-ring (bicyclic) bond motifs is 2. The summed E-state index contributed by atoms with van der Waals surface area (Å²) in [5.41, 5.74) is 5.30. The van der Waals surface area contributed by atoms with Gasteiger partial charge in [-0.05, 0) is 76.1 Å². The minimum atomic E-state index is -0.228. The van der Waals surface area contributed by atoms with E-state index >= 15 is 0 Å². The van der Waals surface area contributed by atoms with Gasteiger partial charge >= 0.3 is 0 Å². The van der Waals surface area contributed by atoms with E-state index < -0.39 is 0 Å². The van der Waals surface area contributed by atoms with Gasteiger partial charge in [0, 0.05) is 60.6 Å². The molecule has 6 nitrogen and oxygen atoms in total. The van der Waals surface area contributed by atoms with Crippen molar-refractivity contribution in [3.63, 3.8) is 0 Å². The molecule has 2 aliphatic heterocycles. The number of likely N-dealkylation sites (tertiary alicyclic amines) is 1. The highest BCUT2D eigenvalue weighted by Crippen LogP contribution is 2.40. The number of pyridine rings is 1. The highest BCUT2D eigenvalue weighted by atomic mass is 19.1. The summed E-state index contributed by atoms with van der Waals surface area (Å²) in [5, 5.41) is 4.98. The molecular formula is C31H37FN4O2. The van der Waals surface area contributed by atoms with E-state index in [0.29, 0.717) is 18.3 Å². The molecule has 0 atom stereocenters. The van der Waals surface area contributed by atoms with Crippen molar-refractivity contribution in [2.24, 2.45) is 0 Å². The number of aryl methyl sites for hydroxylation is 1. The molecule has 0 radical (unpaired) electrons. The van der Waals surface area contributed by atoms with Gasteiger partial charge in [0.1, 0.15) is 0 Å². The predicted octanol–water partition coefficient (Wildman–Crippen LogP) is 5.42. The van der Waals surface area contributed by atoms with Crippen molar-refractivity contribution in [2.45, 2.75) is 57.4 Å². The van der Waals surface area contributed by atoms with Crippen LogP contribution in [0, 0.1) is 17.9 Å². The molecule has 3 aromatic rings. The highest BCUT2D eigenvalue weighted by molar-refractivity contribution is 5.96. The quantitative estimate of drug-likeness (QED) is 0.384. The average Bonchev–Trinajstić information content (AvgIpc) is 3.64. The number of ether oxygens (including phenoxy) is 2. The van der Waals surface area contributed by atoms with Crippen LogP contribution in [-0.2, 0) is 12.8 Å². The summed E-state index contributed by atoms with van der Waals surface area (Å²) >= 11 is 0. The fraction of sp³-hybridized carbons (Fsp3) is 0.516. The Morgan fingerprint density at radius 3 is 2.63 bits per heavy atom. The van der Waals surface area contributed by atoms with Gasteiger partial charge in [-0.1, -0.05) is 12.1 Å². The van der Waals surface area contributed by atoms with E-state index in [1.807, 2.05) is 0 Å². The van der Waals surface area contributed by atoms with Gasteiger partial charge in [-0.25, -0.2) is 4.39 Å². The molecule has 2 saturated heterocycles. The third kappa shape index (κ3) is 5.19. The topological polar surface area (TPSA) is 49.9 Å².